The van der Waals surface area contributed by atoms with Crippen molar-refractivity contribution in [3.05, 3.63) is 76.7 Å². The molecule has 0 fully saturated rings. The Bertz CT molecular complexity index is 1190. The van der Waals surface area contributed by atoms with Gasteiger partial charge in [0.1, 0.15) is 12.1 Å². The summed E-state index contributed by atoms with van der Waals surface area (Å²) in [5.74, 6) is 0.286. The minimum absolute atomic E-state index is 0.124. The zero-order valence-corrected chi connectivity index (χ0v) is 14.3. The molecule has 2 heterocycles. The maximum atomic E-state index is 10.9. The van der Waals surface area contributed by atoms with E-state index < -0.39 is 4.92 Å². The van der Waals surface area contributed by atoms with Gasteiger partial charge in [-0.15, -0.1) is 0 Å². The Morgan fingerprint density at radius 3 is 2.79 bits per heavy atom. The highest BCUT2D eigenvalue weighted by Crippen LogP contribution is 2.23. The van der Waals surface area contributed by atoms with Crippen LogP contribution in [-0.2, 0) is 0 Å². The first-order valence-electron chi connectivity index (χ1n) is 8.14. The summed E-state index contributed by atoms with van der Waals surface area (Å²) in [6, 6.07) is 13.2. The molecule has 2 aromatic carbocycles. The average Bonchev–Trinajstić information content (AvgIpc) is 3.15. The van der Waals surface area contributed by atoms with E-state index in [1.165, 1.54) is 30.7 Å². The molecule has 28 heavy (non-hydrogen) atoms. The number of nitrogens with one attached hydrogen (secondary N) is 1. The summed E-state index contributed by atoms with van der Waals surface area (Å²) in [4.78, 5) is 18.7. The molecule has 10 heteroatoms. The Hall–Kier alpha value is -4.34. The summed E-state index contributed by atoms with van der Waals surface area (Å²) in [5, 5.41) is 29.7. The van der Waals surface area contributed by atoms with Crippen molar-refractivity contribution in [1.29, 1.82) is 0 Å². The minimum atomic E-state index is -0.545. The topological polar surface area (TPSA) is 131 Å². The highest BCUT2D eigenvalue weighted by Gasteiger charge is 2.11. The zero-order chi connectivity index (χ0) is 19.5. The van der Waals surface area contributed by atoms with Crippen LogP contribution in [0.3, 0.4) is 0 Å². The maximum absolute atomic E-state index is 10.9. The van der Waals surface area contributed by atoms with E-state index in [1.807, 2.05) is 30.3 Å². The number of anilines is 1. The van der Waals surface area contributed by atoms with E-state index >= 15 is 0 Å². The van der Waals surface area contributed by atoms with E-state index in [1.54, 1.807) is 10.9 Å². The van der Waals surface area contributed by atoms with Crippen molar-refractivity contribution in [3.8, 4) is 11.4 Å². The molecule has 0 unspecified atom stereocenters. The summed E-state index contributed by atoms with van der Waals surface area (Å²) >= 11 is 0. The van der Waals surface area contributed by atoms with E-state index in [9.17, 15) is 15.2 Å². The highest BCUT2D eigenvalue weighted by molar-refractivity contribution is 5.89. The molecule has 0 radical (unpaired) electrons. The largest absolute Gasteiger partial charge is 0.507 e. The Morgan fingerprint density at radius 1 is 1.18 bits per heavy atom. The lowest BCUT2D eigenvalue weighted by Gasteiger charge is -2.04. The second kappa shape index (κ2) is 7.11. The van der Waals surface area contributed by atoms with Crippen LogP contribution < -0.4 is 5.43 Å². The number of non-ortho nitro benzene ring substituents is 1. The number of nitro groups is 1. The van der Waals surface area contributed by atoms with Gasteiger partial charge in [0, 0.05) is 17.7 Å². The van der Waals surface area contributed by atoms with E-state index in [-0.39, 0.29) is 17.0 Å². The van der Waals surface area contributed by atoms with Crippen molar-refractivity contribution in [1.82, 2.24) is 19.7 Å². The normalized spacial score (nSPS) is 11.1. The third kappa shape index (κ3) is 3.21. The lowest BCUT2D eigenvalue weighted by atomic mass is 10.2. The fourth-order valence-corrected chi connectivity index (χ4v) is 2.61. The van der Waals surface area contributed by atoms with Crippen LogP contribution in [0.25, 0.3) is 16.7 Å². The lowest BCUT2D eigenvalue weighted by Crippen LogP contribution is -1.99. The molecular formula is C18H13N7O3. The lowest BCUT2D eigenvalue weighted by molar-refractivity contribution is -0.384. The molecule has 4 aromatic rings. The number of hydrazone groups is 1. The number of para-hydroxylation sites is 1. The third-order valence-corrected chi connectivity index (χ3v) is 3.96. The van der Waals surface area contributed by atoms with Gasteiger partial charge in [-0.1, -0.05) is 18.2 Å². The van der Waals surface area contributed by atoms with Gasteiger partial charge >= 0.3 is 0 Å². The predicted octanol–water partition coefficient (Wildman–Crippen LogP) is 2.88. The van der Waals surface area contributed by atoms with E-state index in [4.69, 9.17) is 0 Å². The van der Waals surface area contributed by atoms with Crippen LogP contribution in [0.1, 0.15) is 5.56 Å². The van der Waals surface area contributed by atoms with Crippen LogP contribution in [0.5, 0.6) is 5.75 Å². The van der Waals surface area contributed by atoms with Crippen LogP contribution in [0.2, 0.25) is 0 Å². The monoisotopic (exact) mass is 375 g/mol. The number of nitrogens with zero attached hydrogens (tertiary/aromatic N) is 6. The number of fused-ring (bicyclic) bond motifs is 1. The number of aromatic hydroxyl groups is 1. The second-order valence-electron chi connectivity index (χ2n) is 5.72. The van der Waals surface area contributed by atoms with Crippen molar-refractivity contribution in [3.63, 3.8) is 0 Å². The van der Waals surface area contributed by atoms with Crippen LogP contribution in [0.15, 0.2) is 66.2 Å². The number of phenolic OH excluding ortho intramolecular Hbond substituents is 1. The van der Waals surface area contributed by atoms with Gasteiger partial charge in [-0.25, -0.2) is 14.6 Å². The van der Waals surface area contributed by atoms with Gasteiger partial charge in [-0.3, -0.25) is 15.5 Å². The molecule has 138 valence electrons. The van der Waals surface area contributed by atoms with Gasteiger partial charge < -0.3 is 5.11 Å². The van der Waals surface area contributed by atoms with E-state index in [2.05, 4.69) is 25.6 Å². The molecule has 0 atom stereocenters. The molecule has 10 nitrogen and oxygen atoms in total. The number of aromatic nitrogens is 4. The van der Waals surface area contributed by atoms with E-state index in [0.29, 0.717) is 16.9 Å². The second-order valence-corrected chi connectivity index (χ2v) is 5.72. The first kappa shape index (κ1) is 17.1. The van der Waals surface area contributed by atoms with Gasteiger partial charge in [0.15, 0.2) is 11.5 Å². The van der Waals surface area contributed by atoms with Crippen LogP contribution >= 0.6 is 0 Å². The SMILES string of the molecule is O=[N+]([O-])c1ccc(O)c(/C=N/Nc2ncnc3c2cnn3-c2ccccc2)c1. The molecule has 0 aliphatic heterocycles. The summed E-state index contributed by atoms with van der Waals surface area (Å²) in [6.07, 6.45) is 4.27. The first-order valence-corrected chi connectivity index (χ1v) is 8.14. The number of phenols is 1. The maximum Gasteiger partial charge on any atom is 0.270 e. The first-order chi connectivity index (χ1) is 13.6. The third-order valence-electron chi connectivity index (χ3n) is 3.96. The average molecular weight is 375 g/mol. The smallest absolute Gasteiger partial charge is 0.270 e. The molecule has 0 saturated carbocycles. The van der Waals surface area contributed by atoms with Crippen molar-refractivity contribution in [2.45, 2.75) is 0 Å². The van der Waals surface area contributed by atoms with Gasteiger partial charge in [0.25, 0.3) is 5.69 Å². The molecule has 4 rings (SSSR count). The number of hydrogen-bond donors (Lipinski definition) is 2. The highest BCUT2D eigenvalue weighted by atomic mass is 16.6. The molecule has 0 bridgehead atoms. The van der Waals surface area contributed by atoms with Gasteiger partial charge in [0.2, 0.25) is 0 Å². The Kier molecular flexibility index (Phi) is 4.34. The minimum Gasteiger partial charge on any atom is -0.507 e. The fraction of sp³-hybridized carbons (Fsp3) is 0. The van der Waals surface area contributed by atoms with Gasteiger partial charge in [0.05, 0.1) is 28.4 Å². The molecule has 0 saturated heterocycles. The molecule has 0 aliphatic carbocycles. The van der Waals surface area contributed by atoms with Crippen molar-refractivity contribution >= 4 is 28.8 Å². The molecule has 2 aromatic heterocycles. The summed E-state index contributed by atoms with van der Waals surface area (Å²) in [7, 11) is 0. The molecule has 0 spiro atoms. The summed E-state index contributed by atoms with van der Waals surface area (Å²) in [6.45, 7) is 0. The van der Waals surface area contributed by atoms with Crippen molar-refractivity contribution in [2.75, 3.05) is 5.43 Å². The summed E-state index contributed by atoms with van der Waals surface area (Å²) < 4.78 is 1.68. The zero-order valence-electron chi connectivity index (χ0n) is 14.3. The molecular weight excluding hydrogens is 362 g/mol. The van der Waals surface area contributed by atoms with Crippen molar-refractivity contribution < 1.29 is 10.0 Å². The van der Waals surface area contributed by atoms with Gasteiger partial charge in [-0.2, -0.15) is 10.2 Å². The number of benzene rings is 2. The Balaban J connectivity index is 1.63. The van der Waals surface area contributed by atoms with Crippen LogP contribution in [-0.4, -0.2) is 36.0 Å². The quantitative estimate of drug-likeness (QED) is 0.311. The molecule has 2 N–H and O–H groups in total. The molecule has 0 aliphatic rings. The number of hydrogen-bond acceptors (Lipinski definition) is 8. The fourth-order valence-electron chi connectivity index (χ4n) is 2.61. The van der Waals surface area contributed by atoms with Crippen LogP contribution in [0, 0.1) is 10.1 Å². The van der Waals surface area contributed by atoms with Crippen molar-refractivity contribution in [2.24, 2.45) is 5.10 Å². The standard InChI is InChI=1S/C18H13N7O3/c26-16-7-6-14(25(27)28)8-12(16)9-21-23-17-15-10-22-24(18(15)20-11-19-17)13-4-2-1-3-5-13/h1-11,26H,(H,19,20,23)/b21-9+. The Labute approximate surface area is 158 Å². The van der Waals surface area contributed by atoms with E-state index in [0.717, 1.165) is 5.69 Å². The Morgan fingerprint density at radius 2 is 2.00 bits per heavy atom. The number of rotatable bonds is 5. The summed E-state index contributed by atoms with van der Waals surface area (Å²) in [5.41, 5.74) is 4.26. The molecule has 0 amide bonds. The van der Waals surface area contributed by atoms with Crippen LogP contribution in [0.4, 0.5) is 11.5 Å². The van der Waals surface area contributed by atoms with Gasteiger partial charge in [-0.05, 0) is 18.2 Å². The predicted molar refractivity (Wildman–Crippen MR) is 103 cm³/mol. The number of nitro benzene ring substituents is 1.